The Kier molecular flexibility index (Phi) is 9.85. The number of hydrogen-bond donors (Lipinski definition) is 2. The van der Waals surface area contributed by atoms with Gasteiger partial charge in [-0.2, -0.15) is 0 Å². The van der Waals surface area contributed by atoms with Crippen LogP contribution in [0.5, 0.6) is 0 Å². The molecule has 0 aromatic heterocycles. The molecule has 0 heterocycles. The number of rotatable bonds is 6. The van der Waals surface area contributed by atoms with Crippen molar-refractivity contribution in [1.82, 2.24) is 15.5 Å². The lowest BCUT2D eigenvalue weighted by molar-refractivity contribution is 0.400. The second kappa shape index (κ2) is 11.3. The van der Waals surface area contributed by atoms with Gasteiger partial charge in [0.15, 0.2) is 5.96 Å². The smallest absolute Gasteiger partial charge is 0.191 e. The third-order valence-corrected chi connectivity index (χ3v) is 3.90. The largest absolute Gasteiger partial charge is 0.352 e. The Morgan fingerprint density at radius 3 is 2.16 bits per heavy atom. The van der Waals surface area contributed by atoms with Crippen molar-refractivity contribution in [3.8, 4) is 0 Å². The fourth-order valence-electron chi connectivity index (χ4n) is 2.41. The molecule has 0 saturated carbocycles. The van der Waals surface area contributed by atoms with Crippen LogP contribution >= 0.6 is 35.6 Å². The third kappa shape index (κ3) is 7.63. The lowest BCUT2D eigenvalue weighted by Crippen LogP contribution is -2.36. The molecule has 0 radical (unpaired) electrons. The van der Waals surface area contributed by atoms with Crippen molar-refractivity contribution < 1.29 is 0 Å². The van der Waals surface area contributed by atoms with Gasteiger partial charge >= 0.3 is 0 Å². The van der Waals surface area contributed by atoms with Gasteiger partial charge in [-0.05, 0) is 42.9 Å². The van der Waals surface area contributed by atoms with Gasteiger partial charge < -0.3 is 15.5 Å². The Morgan fingerprint density at radius 2 is 1.56 bits per heavy atom. The maximum atomic E-state index is 5.91. The Morgan fingerprint density at radius 1 is 0.960 bits per heavy atom. The molecule has 6 heteroatoms. The molecule has 0 aliphatic heterocycles. The highest BCUT2D eigenvalue weighted by Crippen LogP contribution is 2.11. The van der Waals surface area contributed by atoms with E-state index >= 15 is 0 Å². The number of aliphatic imine (C=N–C) groups is 1. The number of nitrogens with one attached hydrogen (secondary N) is 2. The van der Waals surface area contributed by atoms with Crippen LogP contribution in [0.4, 0.5) is 0 Å². The number of halogens is 2. The maximum Gasteiger partial charge on any atom is 0.191 e. The van der Waals surface area contributed by atoms with Crippen molar-refractivity contribution in [2.45, 2.75) is 19.6 Å². The SMILES string of the molecule is CN=C(NCc1ccc(Cl)cc1)NCc1ccccc1CN(C)C.I. The molecule has 0 aliphatic carbocycles. The maximum absolute atomic E-state index is 5.91. The monoisotopic (exact) mass is 472 g/mol. The van der Waals surface area contributed by atoms with E-state index < -0.39 is 0 Å². The van der Waals surface area contributed by atoms with Crippen molar-refractivity contribution >= 4 is 41.5 Å². The molecule has 25 heavy (non-hydrogen) atoms. The van der Waals surface area contributed by atoms with E-state index in [1.54, 1.807) is 7.05 Å². The first-order valence-corrected chi connectivity index (χ1v) is 8.36. The van der Waals surface area contributed by atoms with Gasteiger partial charge in [0.2, 0.25) is 0 Å². The summed E-state index contributed by atoms with van der Waals surface area (Å²) in [7, 11) is 5.94. The Balaban J connectivity index is 0.00000312. The highest BCUT2D eigenvalue weighted by atomic mass is 127. The highest BCUT2D eigenvalue weighted by molar-refractivity contribution is 14.0. The second-order valence-electron chi connectivity index (χ2n) is 5.91. The van der Waals surface area contributed by atoms with Crippen LogP contribution in [0.25, 0.3) is 0 Å². The lowest BCUT2D eigenvalue weighted by atomic mass is 10.1. The van der Waals surface area contributed by atoms with Crippen molar-refractivity contribution in [3.05, 3.63) is 70.2 Å². The van der Waals surface area contributed by atoms with Crippen molar-refractivity contribution in [2.75, 3.05) is 21.1 Å². The summed E-state index contributed by atoms with van der Waals surface area (Å²) in [4.78, 5) is 6.46. The summed E-state index contributed by atoms with van der Waals surface area (Å²) in [6.45, 7) is 2.37. The van der Waals surface area contributed by atoms with Crippen LogP contribution in [0.3, 0.4) is 0 Å². The first-order valence-electron chi connectivity index (χ1n) is 7.99. The summed E-state index contributed by atoms with van der Waals surface area (Å²) in [5.41, 5.74) is 3.76. The number of nitrogens with zero attached hydrogens (tertiary/aromatic N) is 2. The molecule has 0 aliphatic rings. The van der Waals surface area contributed by atoms with E-state index in [0.29, 0.717) is 6.54 Å². The van der Waals surface area contributed by atoms with E-state index in [0.717, 1.165) is 29.6 Å². The van der Waals surface area contributed by atoms with Gasteiger partial charge in [0, 0.05) is 31.7 Å². The molecule has 2 N–H and O–H groups in total. The molecule has 136 valence electrons. The quantitative estimate of drug-likeness (QED) is 0.381. The average Bonchev–Trinajstić information content (AvgIpc) is 2.57. The van der Waals surface area contributed by atoms with Crippen LogP contribution < -0.4 is 10.6 Å². The van der Waals surface area contributed by atoms with Crippen molar-refractivity contribution in [2.24, 2.45) is 4.99 Å². The minimum atomic E-state index is 0. The van der Waals surface area contributed by atoms with Gasteiger partial charge in [0.1, 0.15) is 0 Å². The van der Waals surface area contributed by atoms with E-state index in [1.165, 1.54) is 11.1 Å². The van der Waals surface area contributed by atoms with E-state index in [4.69, 9.17) is 11.6 Å². The van der Waals surface area contributed by atoms with Crippen molar-refractivity contribution in [3.63, 3.8) is 0 Å². The van der Waals surface area contributed by atoms with Gasteiger partial charge in [-0.15, -0.1) is 24.0 Å². The highest BCUT2D eigenvalue weighted by Gasteiger charge is 2.04. The predicted octanol–water partition coefficient (Wildman–Crippen LogP) is 3.88. The van der Waals surface area contributed by atoms with E-state index in [1.807, 2.05) is 24.3 Å². The molecule has 0 unspecified atom stereocenters. The molecule has 0 spiro atoms. The summed E-state index contributed by atoms with van der Waals surface area (Å²) >= 11 is 5.91. The minimum Gasteiger partial charge on any atom is -0.352 e. The fraction of sp³-hybridized carbons (Fsp3) is 0.316. The van der Waals surface area contributed by atoms with E-state index in [2.05, 4.69) is 58.9 Å². The van der Waals surface area contributed by atoms with E-state index in [-0.39, 0.29) is 24.0 Å². The van der Waals surface area contributed by atoms with Crippen LogP contribution in [0.15, 0.2) is 53.5 Å². The normalized spacial score (nSPS) is 11.2. The van der Waals surface area contributed by atoms with Gasteiger partial charge in [-0.3, -0.25) is 4.99 Å². The molecule has 0 fully saturated rings. The lowest BCUT2D eigenvalue weighted by Gasteiger charge is -2.16. The van der Waals surface area contributed by atoms with Crippen LogP contribution in [0, 0.1) is 0 Å². The zero-order valence-corrected chi connectivity index (χ0v) is 18.0. The first-order chi connectivity index (χ1) is 11.6. The second-order valence-corrected chi connectivity index (χ2v) is 6.35. The fourth-order valence-corrected chi connectivity index (χ4v) is 2.54. The van der Waals surface area contributed by atoms with Gasteiger partial charge in [-0.1, -0.05) is 48.0 Å². The minimum absolute atomic E-state index is 0. The molecule has 4 nitrogen and oxygen atoms in total. The topological polar surface area (TPSA) is 39.7 Å². The summed E-state index contributed by atoms with van der Waals surface area (Å²) < 4.78 is 0. The zero-order valence-electron chi connectivity index (χ0n) is 14.9. The van der Waals surface area contributed by atoms with Gasteiger partial charge in [0.05, 0.1) is 0 Å². The molecule has 0 saturated heterocycles. The van der Waals surface area contributed by atoms with Crippen LogP contribution in [0.1, 0.15) is 16.7 Å². The van der Waals surface area contributed by atoms with Crippen molar-refractivity contribution in [1.29, 1.82) is 0 Å². The Hall–Kier alpha value is -1.31. The zero-order chi connectivity index (χ0) is 17.4. The van der Waals surface area contributed by atoms with Crippen LogP contribution in [-0.4, -0.2) is 32.0 Å². The Bertz CT molecular complexity index is 671. The molecule has 0 bridgehead atoms. The first kappa shape index (κ1) is 21.7. The molecular formula is C19H26ClIN4. The summed E-state index contributed by atoms with van der Waals surface area (Å²) in [6, 6.07) is 16.3. The standard InChI is InChI=1S/C19H25ClN4.HI/c1-21-19(22-12-15-8-10-18(20)11-9-15)23-13-16-6-4-5-7-17(16)14-24(2)3;/h4-11H,12-14H2,1-3H3,(H2,21,22,23);1H. The number of guanidine groups is 1. The van der Waals surface area contributed by atoms with Gasteiger partial charge in [-0.25, -0.2) is 0 Å². The van der Waals surface area contributed by atoms with E-state index in [9.17, 15) is 0 Å². The van der Waals surface area contributed by atoms with Gasteiger partial charge in [0.25, 0.3) is 0 Å². The Labute approximate surface area is 172 Å². The molecule has 0 amide bonds. The summed E-state index contributed by atoms with van der Waals surface area (Å²) in [6.07, 6.45) is 0. The average molecular weight is 473 g/mol. The number of benzene rings is 2. The molecule has 2 rings (SSSR count). The van der Waals surface area contributed by atoms with Crippen LogP contribution in [-0.2, 0) is 19.6 Å². The molecule has 2 aromatic carbocycles. The predicted molar refractivity (Wildman–Crippen MR) is 118 cm³/mol. The third-order valence-electron chi connectivity index (χ3n) is 3.65. The summed E-state index contributed by atoms with van der Waals surface area (Å²) in [5, 5.41) is 7.45. The summed E-state index contributed by atoms with van der Waals surface area (Å²) in [5.74, 6) is 0.782. The molecule has 0 atom stereocenters. The molecule has 2 aromatic rings. The number of hydrogen-bond acceptors (Lipinski definition) is 2. The van der Waals surface area contributed by atoms with Crippen LogP contribution in [0.2, 0.25) is 5.02 Å². The molecular weight excluding hydrogens is 447 g/mol.